The second-order valence-electron chi connectivity index (χ2n) is 5.72. The van der Waals surface area contributed by atoms with Crippen molar-refractivity contribution < 1.29 is 9.59 Å². The zero-order valence-electron chi connectivity index (χ0n) is 13.5. The molecule has 0 radical (unpaired) electrons. The highest BCUT2D eigenvalue weighted by atomic mass is 16.2. The fourth-order valence-corrected chi connectivity index (χ4v) is 2.85. The molecule has 2 heterocycles. The number of carbonyl (C=O) groups excluding carboxylic acids is 2. The van der Waals surface area contributed by atoms with E-state index < -0.39 is 0 Å². The predicted octanol–water partition coefficient (Wildman–Crippen LogP) is 2.63. The van der Waals surface area contributed by atoms with Crippen LogP contribution in [0.15, 0.2) is 18.2 Å². The first-order valence-electron chi connectivity index (χ1n) is 8.23. The van der Waals surface area contributed by atoms with Gasteiger partial charge >= 0.3 is 0 Å². The number of amides is 2. The molecule has 0 aliphatic carbocycles. The molecule has 1 saturated heterocycles. The first-order chi connectivity index (χ1) is 10.7. The van der Waals surface area contributed by atoms with Gasteiger partial charge in [0.2, 0.25) is 0 Å². The molecule has 0 spiro atoms. The lowest BCUT2D eigenvalue weighted by atomic mass is 9.99. The van der Waals surface area contributed by atoms with Gasteiger partial charge in [0.15, 0.2) is 0 Å². The van der Waals surface area contributed by atoms with Crippen molar-refractivity contribution in [2.75, 3.05) is 13.1 Å². The lowest BCUT2D eigenvalue weighted by Crippen LogP contribution is -2.43. The SMILES string of the molecule is CCCNC(=O)c1cccc(C(=O)N2CCCCC2CC)n1. The van der Waals surface area contributed by atoms with Crippen LogP contribution in [0, 0.1) is 0 Å². The van der Waals surface area contributed by atoms with Gasteiger partial charge in [0.1, 0.15) is 11.4 Å². The minimum absolute atomic E-state index is 0.0586. The van der Waals surface area contributed by atoms with E-state index in [1.807, 2.05) is 11.8 Å². The van der Waals surface area contributed by atoms with E-state index in [0.29, 0.717) is 24.0 Å². The Bertz CT molecular complexity index is 530. The molecule has 0 aromatic carbocycles. The van der Waals surface area contributed by atoms with E-state index in [9.17, 15) is 9.59 Å². The van der Waals surface area contributed by atoms with E-state index in [0.717, 1.165) is 32.2 Å². The maximum absolute atomic E-state index is 12.7. The maximum atomic E-state index is 12.7. The smallest absolute Gasteiger partial charge is 0.272 e. The molecule has 5 heteroatoms. The highest BCUT2D eigenvalue weighted by Crippen LogP contribution is 2.21. The lowest BCUT2D eigenvalue weighted by Gasteiger charge is -2.35. The van der Waals surface area contributed by atoms with Gasteiger partial charge in [-0.2, -0.15) is 0 Å². The van der Waals surface area contributed by atoms with Gasteiger partial charge in [-0.1, -0.05) is 19.9 Å². The molecule has 120 valence electrons. The van der Waals surface area contributed by atoms with Crippen LogP contribution in [0.4, 0.5) is 0 Å². The standard InChI is InChI=1S/C17H25N3O2/c1-3-11-18-16(21)14-9-7-10-15(19-14)17(22)20-12-6-5-8-13(20)4-2/h7,9-10,13H,3-6,8,11-12H2,1-2H3,(H,18,21). The Kier molecular flexibility index (Phi) is 5.92. The minimum Gasteiger partial charge on any atom is -0.351 e. The Morgan fingerprint density at radius 2 is 2.05 bits per heavy atom. The van der Waals surface area contributed by atoms with E-state index in [4.69, 9.17) is 0 Å². The molecular formula is C17H25N3O2. The number of rotatable bonds is 5. The van der Waals surface area contributed by atoms with Crippen LogP contribution < -0.4 is 5.32 Å². The molecule has 1 fully saturated rings. The van der Waals surface area contributed by atoms with Gasteiger partial charge in [0, 0.05) is 19.1 Å². The summed E-state index contributed by atoms with van der Waals surface area (Å²) in [6.45, 7) is 5.50. The Balaban J connectivity index is 2.14. The Labute approximate surface area is 132 Å². The van der Waals surface area contributed by atoms with Crippen molar-refractivity contribution in [3.63, 3.8) is 0 Å². The van der Waals surface area contributed by atoms with Gasteiger partial charge in [-0.25, -0.2) is 4.98 Å². The predicted molar refractivity (Wildman–Crippen MR) is 85.8 cm³/mol. The Hall–Kier alpha value is -1.91. The molecule has 0 bridgehead atoms. The van der Waals surface area contributed by atoms with Gasteiger partial charge in [-0.15, -0.1) is 0 Å². The van der Waals surface area contributed by atoms with Crippen LogP contribution in [0.5, 0.6) is 0 Å². The van der Waals surface area contributed by atoms with Crippen molar-refractivity contribution in [2.45, 2.75) is 52.0 Å². The van der Waals surface area contributed by atoms with Crippen LogP contribution in [0.25, 0.3) is 0 Å². The fraction of sp³-hybridized carbons (Fsp3) is 0.588. The summed E-state index contributed by atoms with van der Waals surface area (Å²) in [6, 6.07) is 5.36. The average molecular weight is 303 g/mol. The van der Waals surface area contributed by atoms with Gasteiger partial charge in [0.25, 0.3) is 11.8 Å². The number of piperidine rings is 1. The average Bonchev–Trinajstić information content (AvgIpc) is 2.59. The topological polar surface area (TPSA) is 62.3 Å². The molecule has 2 rings (SSSR count). The summed E-state index contributed by atoms with van der Waals surface area (Å²) < 4.78 is 0. The van der Waals surface area contributed by atoms with Crippen LogP contribution >= 0.6 is 0 Å². The van der Waals surface area contributed by atoms with E-state index >= 15 is 0 Å². The highest BCUT2D eigenvalue weighted by molar-refractivity contribution is 5.96. The summed E-state index contributed by atoms with van der Waals surface area (Å²) in [5, 5.41) is 2.79. The normalized spacial score (nSPS) is 18.1. The monoisotopic (exact) mass is 303 g/mol. The van der Waals surface area contributed by atoms with Gasteiger partial charge in [-0.05, 0) is 44.2 Å². The number of likely N-dealkylation sites (tertiary alicyclic amines) is 1. The summed E-state index contributed by atoms with van der Waals surface area (Å²) in [7, 11) is 0. The van der Waals surface area contributed by atoms with Crippen molar-refractivity contribution in [2.24, 2.45) is 0 Å². The number of carbonyl (C=O) groups is 2. The van der Waals surface area contributed by atoms with Crippen molar-refractivity contribution >= 4 is 11.8 Å². The second kappa shape index (κ2) is 7.92. The second-order valence-corrected chi connectivity index (χ2v) is 5.72. The largest absolute Gasteiger partial charge is 0.351 e. The molecule has 1 N–H and O–H groups in total. The van der Waals surface area contributed by atoms with Crippen LogP contribution in [-0.4, -0.2) is 40.8 Å². The van der Waals surface area contributed by atoms with E-state index in [2.05, 4.69) is 17.2 Å². The molecular weight excluding hydrogens is 278 g/mol. The molecule has 1 aromatic heterocycles. The molecule has 1 aromatic rings. The first kappa shape index (κ1) is 16.5. The number of hydrogen-bond acceptors (Lipinski definition) is 3. The summed E-state index contributed by atoms with van der Waals surface area (Å²) in [4.78, 5) is 30.8. The molecule has 0 saturated carbocycles. The first-order valence-corrected chi connectivity index (χ1v) is 8.23. The summed E-state index contributed by atoms with van der Waals surface area (Å²) in [6.07, 6.45) is 5.10. The lowest BCUT2D eigenvalue weighted by molar-refractivity contribution is 0.0602. The van der Waals surface area contributed by atoms with Crippen LogP contribution in [0.1, 0.15) is 66.9 Å². The van der Waals surface area contributed by atoms with Gasteiger partial charge < -0.3 is 10.2 Å². The van der Waals surface area contributed by atoms with Crippen molar-refractivity contribution in [1.82, 2.24) is 15.2 Å². The van der Waals surface area contributed by atoms with Crippen LogP contribution in [-0.2, 0) is 0 Å². The van der Waals surface area contributed by atoms with Crippen molar-refractivity contribution in [1.29, 1.82) is 0 Å². The number of hydrogen-bond donors (Lipinski definition) is 1. The zero-order chi connectivity index (χ0) is 15.9. The molecule has 1 aliphatic rings. The molecule has 1 unspecified atom stereocenters. The summed E-state index contributed by atoms with van der Waals surface area (Å²) in [5.74, 6) is -0.279. The zero-order valence-corrected chi connectivity index (χ0v) is 13.5. The third-order valence-electron chi connectivity index (χ3n) is 4.10. The molecule has 2 amide bonds. The van der Waals surface area contributed by atoms with Crippen molar-refractivity contribution in [3.8, 4) is 0 Å². The summed E-state index contributed by atoms with van der Waals surface area (Å²) >= 11 is 0. The fourth-order valence-electron chi connectivity index (χ4n) is 2.85. The third-order valence-corrected chi connectivity index (χ3v) is 4.10. The number of nitrogens with one attached hydrogen (secondary N) is 1. The number of pyridine rings is 1. The van der Waals surface area contributed by atoms with Gasteiger partial charge in [-0.3, -0.25) is 9.59 Å². The van der Waals surface area contributed by atoms with E-state index in [1.165, 1.54) is 6.42 Å². The molecule has 5 nitrogen and oxygen atoms in total. The van der Waals surface area contributed by atoms with Crippen LogP contribution in [0.2, 0.25) is 0 Å². The van der Waals surface area contributed by atoms with E-state index in [1.54, 1.807) is 18.2 Å². The summed E-state index contributed by atoms with van der Waals surface area (Å²) in [5.41, 5.74) is 0.675. The molecule has 22 heavy (non-hydrogen) atoms. The number of nitrogens with zero attached hydrogens (tertiary/aromatic N) is 2. The maximum Gasteiger partial charge on any atom is 0.272 e. The molecule has 1 atom stereocenters. The Morgan fingerprint density at radius 3 is 2.77 bits per heavy atom. The highest BCUT2D eigenvalue weighted by Gasteiger charge is 2.27. The quantitative estimate of drug-likeness (QED) is 0.909. The van der Waals surface area contributed by atoms with Crippen LogP contribution in [0.3, 0.4) is 0 Å². The van der Waals surface area contributed by atoms with E-state index in [-0.39, 0.29) is 11.8 Å². The molecule has 1 aliphatic heterocycles. The minimum atomic E-state index is -0.220. The Morgan fingerprint density at radius 1 is 1.27 bits per heavy atom. The van der Waals surface area contributed by atoms with Gasteiger partial charge in [0.05, 0.1) is 0 Å². The van der Waals surface area contributed by atoms with Crippen molar-refractivity contribution in [3.05, 3.63) is 29.6 Å². The number of aromatic nitrogens is 1. The third kappa shape index (κ3) is 3.84.